The van der Waals surface area contributed by atoms with Crippen molar-refractivity contribution in [2.75, 3.05) is 4.93 Å². The van der Waals surface area contributed by atoms with E-state index in [-0.39, 0.29) is 21.2 Å². The quantitative estimate of drug-likeness (QED) is 0.446. The molecule has 0 saturated carbocycles. The van der Waals surface area contributed by atoms with Crippen LogP contribution in [0.5, 0.6) is 0 Å². The van der Waals surface area contributed by atoms with E-state index in [0.29, 0.717) is 0 Å². The number of nitrogens with zero attached hydrogens (tertiary/aromatic N) is 3. The van der Waals surface area contributed by atoms with Gasteiger partial charge in [0.2, 0.25) is 0 Å². The van der Waals surface area contributed by atoms with Crippen molar-refractivity contribution in [3.8, 4) is 0 Å². The monoisotopic (exact) mass is 278 g/mol. The van der Waals surface area contributed by atoms with Crippen molar-refractivity contribution in [3.63, 3.8) is 0 Å². The van der Waals surface area contributed by atoms with Crippen LogP contribution in [0.25, 0.3) is 10.3 Å². The Morgan fingerprint density at radius 2 is 2.18 bits per heavy atom. The van der Waals surface area contributed by atoms with Crippen LogP contribution in [-0.2, 0) is 0 Å². The van der Waals surface area contributed by atoms with Crippen LogP contribution in [0.1, 0.15) is 0 Å². The average Bonchev–Trinajstić information content (AvgIpc) is 2.47. The van der Waals surface area contributed by atoms with E-state index in [9.17, 15) is 0 Å². The number of rotatable bonds is 1. The third kappa shape index (κ3) is 1.22. The first-order chi connectivity index (χ1) is 5.42. The molecule has 0 aromatic carbocycles. The summed E-state index contributed by atoms with van der Waals surface area (Å²) in [7, 11) is 0. The second-order valence-electron chi connectivity index (χ2n) is 1.87. The minimum absolute atomic E-state index is 0.0416. The number of alkyl halides is 1. The summed E-state index contributed by atoms with van der Waals surface area (Å²) < 4.78 is 5.44. The summed E-state index contributed by atoms with van der Waals surface area (Å²) in [5.41, 5.74) is 1.01. The summed E-state index contributed by atoms with van der Waals surface area (Å²) >= 11 is 1.48. The fraction of sp³-hybridized carbons (Fsp3) is 0.167. The van der Waals surface area contributed by atoms with Crippen LogP contribution in [0, 0.1) is 3.70 Å². The number of fused-ring (bicyclic) bond motifs is 1. The third-order valence-electron chi connectivity index (χ3n) is 1.25. The van der Waals surface area contributed by atoms with Crippen molar-refractivity contribution >= 4 is 21.9 Å². The van der Waals surface area contributed by atoms with Crippen molar-refractivity contribution in [3.05, 3.63) is 16.1 Å². The summed E-state index contributed by atoms with van der Waals surface area (Å²) in [5, 5.41) is 0. The number of hydrogen-bond donors (Lipinski definition) is 0. The van der Waals surface area contributed by atoms with Gasteiger partial charge in [-0.1, -0.05) is 0 Å². The fourth-order valence-electron chi connectivity index (χ4n) is 0.784. The molecule has 0 aliphatic carbocycles. The van der Waals surface area contributed by atoms with E-state index in [0.717, 1.165) is 14.0 Å². The summed E-state index contributed by atoms with van der Waals surface area (Å²) in [4.78, 5) is 11.5. The van der Waals surface area contributed by atoms with Gasteiger partial charge in [0, 0.05) is 0 Å². The Morgan fingerprint density at radius 1 is 1.36 bits per heavy atom. The van der Waals surface area contributed by atoms with E-state index in [1.807, 2.05) is 0 Å². The zero-order valence-corrected chi connectivity index (χ0v) is 8.76. The van der Waals surface area contributed by atoms with Crippen molar-refractivity contribution in [1.29, 1.82) is 0 Å². The average molecular weight is 278 g/mol. The first-order valence-corrected chi connectivity index (χ1v) is 6.98. The Kier molecular flexibility index (Phi) is 1.99. The molecule has 58 valence electrons. The normalized spacial score (nSPS) is 11.0. The molecular weight excluding hydrogens is 273 g/mol. The van der Waals surface area contributed by atoms with Crippen LogP contribution in [-0.4, -0.2) is 19.3 Å². The minimum atomic E-state index is 0.0416. The number of hydrogen-bond acceptors (Lipinski definition) is 4. The van der Waals surface area contributed by atoms with Gasteiger partial charge in [-0.15, -0.1) is 0 Å². The van der Waals surface area contributed by atoms with Crippen molar-refractivity contribution < 1.29 is 21.2 Å². The molecule has 0 aliphatic heterocycles. The van der Waals surface area contributed by atoms with E-state index < -0.39 is 0 Å². The predicted molar refractivity (Wildman–Crippen MR) is 39.8 cm³/mol. The van der Waals surface area contributed by atoms with Crippen LogP contribution in [0.4, 0.5) is 0 Å². The molecule has 5 heteroatoms. The molecule has 2 aromatic heterocycles. The summed E-state index contributed by atoms with van der Waals surface area (Å²) in [6.07, 6.45) is 3.43. The molecule has 0 fully saturated rings. The molecule has 0 bridgehead atoms. The van der Waals surface area contributed by atoms with Crippen LogP contribution >= 0.6 is 11.5 Å². The Bertz CT molecular complexity index is 373. The molecule has 0 N–H and O–H groups in total. The van der Waals surface area contributed by atoms with E-state index in [2.05, 4.69) is 19.3 Å². The first kappa shape index (κ1) is 7.35. The number of aromatic nitrogens is 3. The van der Waals surface area contributed by atoms with Gasteiger partial charge in [-0.05, 0) is 0 Å². The van der Waals surface area contributed by atoms with E-state index in [4.69, 9.17) is 0 Å². The van der Waals surface area contributed by atoms with Gasteiger partial charge in [-0.25, -0.2) is 0 Å². The Morgan fingerprint density at radius 3 is 3.00 bits per heavy atom. The second kappa shape index (κ2) is 2.98. The van der Waals surface area contributed by atoms with Gasteiger partial charge in [-0.3, -0.25) is 0 Å². The van der Waals surface area contributed by atoms with Crippen LogP contribution in [0.2, 0.25) is 0 Å². The zero-order chi connectivity index (χ0) is 7.68. The molecule has 2 aromatic rings. The SMILES string of the molecule is C[I-]c1nsc2nccnc12. The van der Waals surface area contributed by atoms with Gasteiger partial charge < -0.3 is 0 Å². The number of halogens is 1. The molecule has 0 saturated heterocycles. The Balaban J connectivity index is 2.76. The summed E-state index contributed by atoms with van der Waals surface area (Å²) in [6, 6.07) is 0. The van der Waals surface area contributed by atoms with E-state index in [1.165, 1.54) is 11.5 Å². The van der Waals surface area contributed by atoms with Crippen molar-refractivity contribution in [1.82, 2.24) is 14.3 Å². The van der Waals surface area contributed by atoms with Gasteiger partial charge in [-0.2, -0.15) is 0 Å². The molecule has 0 atom stereocenters. The standard InChI is InChI=1S/C6H5IN3S/c1-7-5-4-6(11-10-5)9-3-2-8-4/h2-3H,1H3/q-1. The van der Waals surface area contributed by atoms with E-state index >= 15 is 0 Å². The molecule has 0 spiro atoms. The topological polar surface area (TPSA) is 38.7 Å². The molecular formula is C6H5IN3S-. The van der Waals surface area contributed by atoms with Crippen molar-refractivity contribution in [2.45, 2.75) is 0 Å². The maximum atomic E-state index is 4.28. The molecule has 2 heterocycles. The van der Waals surface area contributed by atoms with Gasteiger partial charge in [0.05, 0.1) is 0 Å². The summed E-state index contributed by atoms with van der Waals surface area (Å²) in [6.45, 7) is 0. The van der Waals surface area contributed by atoms with Crippen LogP contribution in [0.3, 0.4) is 0 Å². The third-order valence-corrected chi connectivity index (χ3v) is 4.10. The van der Waals surface area contributed by atoms with Gasteiger partial charge in [0.15, 0.2) is 0 Å². The van der Waals surface area contributed by atoms with Crippen molar-refractivity contribution in [2.24, 2.45) is 0 Å². The predicted octanol–water partition coefficient (Wildman–Crippen LogP) is -2.03. The molecule has 3 nitrogen and oxygen atoms in total. The Hall–Kier alpha value is -0.300. The van der Waals surface area contributed by atoms with Gasteiger partial charge in [0.1, 0.15) is 0 Å². The van der Waals surface area contributed by atoms with Gasteiger partial charge >= 0.3 is 78.5 Å². The van der Waals surface area contributed by atoms with E-state index in [1.54, 1.807) is 12.4 Å². The van der Waals surface area contributed by atoms with Crippen LogP contribution < -0.4 is 21.2 Å². The molecule has 0 unspecified atom stereocenters. The zero-order valence-electron chi connectivity index (χ0n) is 5.78. The van der Waals surface area contributed by atoms with Crippen LogP contribution in [0.15, 0.2) is 12.4 Å². The Labute approximate surface area is 78.3 Å². The van der Waals surface area contributed by atoms with Gasteiger partial charge in [0.25, 0.3) is 0 Å². The molecule has 0 radical (unpaired) electrons. The summed E-state index contributed by atoms with van der Waals surface area (Å²) in [5.74, 6) is 0. The molecule has 11 heavy (non-hydrogen) atoms. The first-order valence-electron chi connectivity index (χ1n) is 2.97. The second-order valence-corrected chi connectivity index (χ2v) is 4.72. The molecule has 2 rings (SSSR count). The fourth-order valence-corrected chi connectivity index (χ4v) is 3.42. The maximum absolute atomic E-state index is 4.28. The molecule has 0 amide bonds. The molecule has 0 aliphatic rings.